The Labute approximate surface area is 137 Å². The Morgan fingerprint density at radius 1 is 1.29 bits per heavy atom. The summed E-state index contributed by atoms with van der Waals surface area (Å²) < 4.78 is 41.8. The molecular weight excluding hydrogens is 327 g/mol. The van der Waals surface area contributed by atoms with Crippen LogP contribution in [-0.2, 0) is 16.6 Å². The first-order valence-corrected chi connectivity index (χ1v) is 7.62. The summed E-state index contributed by atoms with van der Waals surface area (Å²) in [5.74, 6) is -3.17. The largest absolute Gasteiger partial charge is 0.481 e. The summed E-state index contributed by atoms with van der Waals surface area (Å²) in [6, 6.07) is -2.15. The van der Waals surface area contributed by atoms with Crippen molar-refractivity contribution in [1.82, 2.24) is 15.1 Å². The highest BCUT2D eigenvalue weighted by Crippen LogP contribution is 2.37. The third-order valence-electron chi connectivity index (χ3n) is 4.62. The first-order valence-electron chi connectivity index (χ1n) is 7.62. The number of carboxylic acids is 1. The highest BCUT2D eigenvalue weighted by atomic mass is 19.4. The van der Waals surface area contributed by atoms with Crippen molar-refractivity contribution in [1.29, 1.82) is 0 Å². The van der Waals surface area contributed by atoms with E-state index in [0.29, 0.717) is 12.1 Å². The molecule has 9 heteroatoms. The van der Waals surface area contributed by atoms with Crippen LogP contribution in [0.5, 0.6) is 0 Å². The van der Waals surface area contributed by atoms with Crippen LogP contribution in [0.2, 0.25) is 0 Å². The molecule has 1 amide bonds. The molecule has 1 aliphatic carbocycles. The maximum absolute atomic E-state index is 13.5. The summed E-state index contributed by atoms with van der Waals surface area (Å²) in [6.45, 7) is 2.97. The zero-order valence-electron chi connectivity index (χ0n) is 13.6. The van der Waals surface area contributed by atoms with E-state index in [2.05, 4.69) is 10.4 Å². The zero-order valence-corrected chi connectivity index (χ0v) is 13.6. The van der Waals surface area contributed by atoms with E-state index < -0.39 is 35.9 Å². The fraction of sp³-hybridized carbons (Fsp3) is 0.667. The number of amides is 1. The molecule has 3 atom stereocenters. The molecule has 2 N–H and O–H groups in total. The lowest BCUT2D eigenvalue weighted by Gasteiger charge is -2.24. The smallest absolute Gasteiger partial charge is 0.413 e. The molecule has 1 aliphatic rings. The number of aromatic nitrogens is 2. The van der Waals surface area contributed by atoms with Crippen LogP contribution in [0.4, 0.5) is 13.2 Å². The van der Waals surface area contributed by atoms with Gasteiger partial charge in [0, 0.05) is 24.2 Å². The normalized spacial score (nSPS) is 22.4. The zero-order chi connectivity index (χ0) is 18.2. The number of carbonyl (C=O) groups excluding carboxylic acids is 1. The van der Waals surface area contributed by atoms with Gasteiger partial charge < -0.3 is 10.4 Å². The van der Waals surface area contributed by atoms with Crippen molar-refractivity contribution in [2.75, 3.05) is 0 Å². The second-order valence-corrected chi connectivity index (χ2v) is 6.24. The van der Waals surface area contributed by atoms with Crippen molar-refractivity contribution in [2.24, 2.45) is 18.9 Å². The maximum Gasteiger partial charge on any atom is 0.413 e. The van der Waals surface area contributed by atoms with Crippen molar-refractivity contribution in [3.63, 3.8) is 0 Å². The number of alkyl halides is 3. The third-order valence-corrected chi connectivity index (χ3v) is 4.62. The van der Waals surface area contributed by atoms with Crippen LogP contribution in [-0.4, -0.2) is 32.9 Å². The molecule has 1 aromatic heterocycles. The summed E-state index contributed by atoms with van der Waals surface area (Å²) in [5, 5.41) is 15.0. The molecule has 1 fully saturated rings. The molecule has 134 valence electrons. The summed E-state index contributed by atoms with van der Waals surface area (Å²) in [7, 11) is 1.54. The average molecular weight is 347 g/mol. The van der Waals surface area contributed by atoms with Crippen molar-refractivity contribution < 1.29 is 27.9 Å². The monoisotopic (exact) mass is 347 g/mol. The van der Waals surface area contributed by atoms with Crippen LogP contribution in [0, 0.1) is 25.7 Å². The molecule has 1 heterocycles. The number of hydrogen-bond donors (Lipinski definition) is 2. The van der Waals surface area contributed by atoms with E-state index in [1.54, 1.807) is 0 Å². The molecule has 0 unspecified atom stereocenters. The number of aryl methyl sites for hydroxylation is 2. The molecule has 1 aromatic rings. The van der Waals surface area contributed by atoms with E-state index in [0.717, 1.165) is 0 Å². The van der Waals surface area contributed by atoms with Crippen LogP contribution in [0.3, 0.4) is 0 Å². The highest BCUT2D eigenvalue weighted by molar-refractivity contribution is 5.81. The van der Waals surface area contributed by atoms with Gasteiger partial charge in [-0.15, -0.1) is 0 Å². The lowest BCUT2D eigenvalue weighted by Crippen LogP contribution is -2.41. The molecule has 6 nitrogen and oxygen atoms in total. The van der Waals surface area contributed by atoms with Gasteiger partial charge in [0.2, 0.25) is 5.91 Å². The molecule has 0 bridgehead atoms. The molecular formula is C15H20F3N3O3. The Morgan fingerprint density at radius 3 is 2.29 bits per heavy atom. The minimum atomic E-state index is -4.67. The number of rotatable bonds is 4. The van der Waals surface area contributed by atoms with Gasteiger partial charge in [-0.25, -0.2) is 0 Å². The maximum atomic E-state index is 13.5. The average Bonchev–Trinajstić information content (AvgIpc) is 3.02. The van der Waals surface area contributed by atoms with Crippen LogP contribution in [0.25, 0.3) is 0 Å². The Hall–Kier alpha value is -2.06. The van der Waals surface area contributed by atoms with E-state index in [4.69, 9.17) is 5.11 Å². The molecule has 0 spiro atoms. The molecule has 0 saturated heterocycles. The van der Waals surface area contributed by atoms with Crippen LogP contribution < -0.4 is 5.32 Å². The molecule has 24 heavy (non-hydrogen) atoms. The first kappa shape index (κ1) is 18.3. The lowest BCUT2D eigenvalue weighted by atomic mass is 10.0. The predicted octanol–water partition coefficient (Wildman–Crippen LogP) is 2.26. The van der Waals surface area contributed by atoms with Gasteiger partial charge in [0.05, 0.1) is 11.6 Å². The Bertz CT molecular complexity index is 654. The SMILES string of the molecule is Cc1nn(C)c(C)c1[C@@H](NC(=O)[C@@H]1CC[C@H](C(=O)O)C1)C(F)(F)F. The molecule has 2 rings (SSSR count). The minimum absolute atomic E-state index is 0.0638. The Morgan fingerprint density at radius 2 is 1.88 bits per heavy atom. The molecule has 0 aromatic carbocycles. The van der Waals surface area contributed by atoms with E-state index in [-0.39, 0.29) is 24.1 Å². The predicted molar refractivity (Wildman–Crippen MR) is 78.1 cm³/mol. The molecule has 1 saturated carbocycles. The second-order valence-electron chi connectivity index (χ2n) is 6.24. The van der Waals surface area contributed by atoms with Gasteiger partial charge in [0.15, 0.2) is 6.04 Å². The number of nitrogens with zero attached hydrogens (tertiary/aromatic N) is 2. The summed E-state index contributed by atoms with van der Waals surface area (Å²) in [4.78, 5) is 23.2. The Balaban J connectivity index is 2.22. The number of hydrogen-bond acceptors (Lipinski definition) is 3. The molecule has 0 radical (unpaired) electrons. The van der Waals surface area contributed by atoms with Gasteiger partial charge in [0.25, 0.3) is 0 Å². The van der Waals surface area contributed by atoms with Gasteiger partial charge in [-0.3, -0.25) is 14.3 Å². The number of halogens is 3. The fourth-order valence-electron chi connectivity index (χ4n) is 3.23. The van der Waals surface area contributed by atoms with Crippen molar-refractivity contribution in [3.8, 4) is 0 Å². The summed E-state index contributed by atoms with van der Waals surface area (Å²) in [5.41, 5.74) is 0.462. The minimum Gasteiger partial charge on any atom is -0.481 e. The quantitative estimate of drug-likeness (QED) is 0.875. The third kappa shape index (κ3) is 3.54. The van der Waals surface area contributed by atoms with Crippen LogP contribution in [0.15, 0.2) is 0 Å². The van der Waals surface area contributed by atoms with E-state index in [1.807, 2.05) is 0 Å². The summed E-state index contributed by atoms with van der Waals surface area (Å²) >= 11 is 0. The topological polar surface area (TPSA) is 84.2 Å². The number of nitrogens with one attached hydrogen (secondary N) is 1. The van der Waals surface area contributed by atoms with E-state index in [1.165, 1.54) is 25.6 Å². The number of carbonyl (C=O) groups is 2. The van der Waals surface area contributed by atoms with Crippen LogP contribution in [0.1, 0.15) is 42.3 Å². The highest BCUT2D eigenvalue weighted by Gasteiger charge is 2.46. The standard InChI is InChI=1S/C15H20F3N3O3/c1-7-11(8(2)21(3)20-7)12(15(16,17)18)19-13(22)9-4-5-10(6-9)14(23)24/h9-10,12H,4-6H2,1-3H3,(H,19,22)(H,23,24)/t9-,10+,12-/m1/s1. The first-order chi connectivity index (χ1) is 11.0. The molecule has 0 aliphatic heterocycles. The van der Waals surface area contributed by atoms with Crippen LogP contribution >= 0.6 is 0 Å². The van der Waals surface area contributed by atoms with E-state index in [9.17, 15) is 22.8 Å². The van der Waals surface area contributed by atoms with Gasteiger partial charge in [-0.2, -0.15) is 18.3 Å². The van der Waals surface area contributed by atoms with Gasteiger partial charge in [-0.1, -0.05) is 0 Å². The van der Waals surface area contributed by atoms with Gasteiger partial charge in [0.1, 0.15) is 0 Å². The van der Waals surface area contributed by atoms with Crippen molar-refractivity contribution in [2.45, 2.75) is 45.3 Å². The van der Waals surface area contributed by atoms with Gasteiger partial charge in [-0.05, 0) is 33.1 Å². The van der Waals surface area contributed by atoms with Crippen molar-refractivity contribution >= 4 is 11.9 Å². The second kappa shape index (κ2) is 6.45. The van der Waals surface area contributed by atoms with Crippen molar-refractivity contribution in [3.05, 3.63) is 17.0 Å². The Kier molecular flexibility index (Phi) is 4.91. The van der Waals surface area contributed by atoms with Gasteiger partial charge >= 0.3 is 12.1 Å². The summed E-state index contributed by atoms with van der Waals surface area (Å²) in [6.07, 6.45) is -4.02. The number of carboxylic acid groups (broad SMARTS) is 1. The lowest BCUT2D eigenvalue weighted by molar-refractivity contribution is -0.165. The number of aliphatic carboxylic acids is 1. The van der Waals surface area contributed by atoms with E-state index >= 15 is 0 Å². The fourth-order valence-corrected chi connectivity index (χ4v) is 3.23.